The first-order valence-electron chi connectivity index (χ1n) is 13.9. The lowest BCUT2D eigenvalue weighted by Crippen LogP contribution is -2.52. The van der Waals surface area contributed by atoms with Gasteiger partial charge in [-0.05, 0) is 79.9 Å². The maximum Gasteiger partial charge on any atom is 0.264 e. The lowest BCUT2D eigenvalue weighted by molar-refractivity contribution is -0.140. The van der Waals surface area contributed by atoms with Crippen LogP contribution in [0.15, 0.2) is 71.6 Å². The van der Waals surface area contributed by atoms with Crippen LogP contribution in [0.1, 0.15) is 39.7 Å². The van der Waals surface area contributed by atoms with Crippen molar-refractivity contribution in [3.8, 4) is 5.75 Å². The van der Waals surface area contributed by atoms with E-state index in [0.29, 0.717) is 39.5 Å². The quantitative estimate of drug-likeness (QED) is 0.203. The molecule has 232 valence electrons. The van der Waals surface area contributed by atoms with E-state index >= 15 is 0 Å². The predicted octanol–water partition coefficient (Wildman–Crippen LogP) is 6.82. The molecule has 0 radical (unpaired) electrons. The molecule has 8 nitrogen and oxygen atoms in total. The summed E-state index contributed by atoms with van der Waals surface area (Å²) in [7, 11) is -4.25. The molecule has 3 aromatic carbocycles. The highest BCUT2D eigenvalue weighted by Crippen LogP contribution is 2.30. The van der Waals surface area contributed by atoms with Crippen LogP contribution in [-0.4, -0.2) is 50.9 Å². The standard InChI is InChI=1S/C31H36Cl3N3O5S/c1-5-29(31(39)35-18-21(3)4)36(19-26-27(33)8-7-9-28(26)34)30(38)20-37(23-12-14-24(15-13-23)42-6-2)43(40,41)25-16-10-22(32)11-17-25/h7-17,21,29H,5-6,18-20H2,1-4H3,(H,35,39). The maximum absolute atomic E-state index is 14.2. The molecule has 3 aromatic rings. The predicted molar refractivity (Wildman–Crippen MR) is 173 cm³/mol. The smallest absolute Gasteiger partial charge is 0.264 e. The van der Waals surface area contributed by atoms with Gasteiger partial charge in [-0.1, -0.05) is 61.6 Å². The molecule has 12 heteroatoms. The highest BCUT2D eigenvalue weighted by atomic mass is 35.5. The van der Waals surface area contributed by atoms with Crippen molar-refractivity contribution in [1.82, 2.24) is 10.2 Å². The molecular formula is C31H36Cl3N3O5S. The van der Waals surface area contributed by atoms with Gasteiger partial charge in [-0.3, -0.25) is 13.9 Å². The van der Waals surface area contributed by atoms with Gasteiger partial charge in [-0.2, -0.15) is 0 Å². The molecule has 0 spiro atoms. The minimum absolute atomic E-state index is 0.0546. The van der Waals surface area contributed by atoms with Gasteiger partial charge in [0.1, 0.15) is 18.3 Å². The molecule has 1 N–H and O–H groups in total. The van der Waals surface area contributed by atoms with Crippen LogP contribution in [0.4, 0.5) is 5.69 Å². The Morgan fingerprint density at radius 2 is 1.51 bits per heavy atom. The highest BCUT2D eigenvalue weighted by molar-refractivity contribution is 7.92. The van der Waals surface area contributed by atoms with E-state index in [0.717, 1.165) is 4.31 Å². The second-order valence-corrected chi connectivity index (χ2v) is 13.3. The molecule has 0 heterocycles. The van der Waals surface area contributed by atoms with Crippen molar-refractivity contribution < 1.29 is 22.7 Å². The molecular weight excluding hydrogens is 633 g/mol. The average molecular weight is 669 g/mol. The van der Waals surface area contributed by atoms with Crippen LogP contribution in [0, 0.1) is 5.92 Å². The Bertz CT molecular complexity index is 1480. The van der Waals surface area contributed by atoms with Gasteiger partial charge >= 0.3 is 0 Å². The van der Waals surface area contributed by atoms with Crippen LogP contribution in [0.25, 0.3) is 0 Å². The van der Waals surface area contributed by atoms with Gasteiger partial charge in [0.2, 0.25) is 11.8 Å². The van der Waals surface area contributed by atoms with E-state index in [1.807, 2.05) is 20.8 Å². The topological polar surface area (TPSA) is 96.0 Å². The number of hydrogen-bond donors (Lipinski definition) is 1. The Morgan fingerprint density at radius 3 is 2.05 bits per heavy atom. The van der Waals surface area contributed by atoms with Crippen molar-refractivity contribution in [2.24, 2.45) is 5.92 Å². The largest absolute Gasteiger partial charge is 0.494 e. The number of ether oxygens (including phenoxy) is 1. The Hall–Kier alpha value is -2.98. The molecule has 0 fully saturated rings. The monoisotopic (exact) mass is 667 g/mol. The van der Waals surface area contributed by atoms with E-state index in [4.69, 9.17) is 39.5 Å². The van der Waals surface area contributed by atoms with Gasteiger partial charge in [0.05, 0.1) is 17.2 Å². The van der Waals surface area contributed by atoms with E-state index in [-0.39, 0.29) is 35.4 Å². The Morgan fingerprint density at radius 1 is 0.907 bits per heavy atom. The molecule has 0 aliphatic carbocycles. The van der Waals surface area contributed by atoms with Crippen molar-refractivity contribution in [3.63, 3.8) is 0 Å². The normalized spacial score (nSPS) is 12.1. The number of hydrogen-bond acceptors (Lipinski definition) is 5. The molecule has 0 bridgehead atoms. The van der Waals surface area contributed by atoms with Crippen molar-refractivity contribution in [2.75, 3.05) is 24.0 Å². The second-order valence-electron chi connectivity index (χ2n) is 10.2. The number of halogens is 3. The zero-order chi connectivity index (χ0) is 31.7. The first kappa shape index (κ1) is 34.5. The van der Waals surface area contributed by atoms with E-state index < -0.39 is 28.5 Å². The average Bonchev–Trinajstić information content (AvgIpc) is 2.97. The molecule has 43 heavy (non-hydrogen) atoms. The van der Waals surface area contributed by atoms with Crippen molar-refractivity contribution in [1.29, 1.82) is 0 Å². The van der Waals surface area contributed by atoms with Crippen LogP contribution in [0.5, 0.6) is 5.75 Å². The molecule has 2 amide bonds. The van der Waals surface area contributed by atoms with Crippen LogP contribution in [0.3, 0.4) is 0 Å². The number of benzene rings is 3. The van der Waals surface area contributed by atoms with Crippen molar-refractivity contribution in [3.05, 3.63) is 87.4 Å². The Kier molecular flexibility index (Phi) is 12.6. The van der Waals surface area contributed by atoms with Crippen LogP contribution >= 0.6 is 34.8 Å². The van der Waals surface area contributed by atoms with E-state index in [2.05, 4.69) is 5.32 Å². The number of anilines is 1. The fourth-order valence-electron chi connectivity index (χ4n) is 4.33. The van der Waals surface area contributed by atoms with Crippen molar-refractivity contribution >= 4 is 62.3 Å². The number of amides is 2. The second kappa shape index (κ2) is 15.7. The summed E-state index contributed by atoms with van der Waals surface area (Å²) in [6, 6.07) is 16.1. The van der Waals surface area contributed by atoms with Crippen LogP contribution in [-0.2, 0) is 26.2 Å². The molecule has 0 aliphatic heterocycles. The fraction of sp³-hybridized carbons (Fsp3) is 0.355. The summed E-state index contributed by atoms with van der Waals surface area (Å²) >= 11 is 18.9. The van der Waals surface area contributed by atoms with Gasteiger partial charge in [-0.25, -0.2) is 8.42 Å². The molecule has 3 rings (SSSR count). The Balaban J connectivity index is 2.09. The number of nitrogens with one attached hydrogen (secondary N) is 1. The van der Waals surface area contributed by atoms with E-state index in [1.54, 1.807) is 49.4 Å². The third kappa shape index (κ3) is 9.01. The summed E-state index contributed by atoms with van der Waals surface area (Å²) < 4.78 is 34.5. The molecule has 0 aromatic heterocycles. The summed E-state index contributed by atoms with van der Waals surface area (Å²) in [5.41, 5.74) is 0.683. The van der Waals surface area contributed by atoms with Gasteiger partial charge in [0, 0.05) is 33.7 Å². The summed E-state index contributed by atoms with van der Waals surface area (Å²) in [4.78, 5) is 28.8. The first-order valence-corrected chi connectivity index (χ1v) is 16.5. The lowest BCUT2D eigenvalue weighted by Gasteiger charge is -2.33. The minimum Gasteiger partial charge on any atom is -0.494 e. The summed E-state index contributed by atoms with van der Waals surface area (Å²) in [6.07, 6.45) is 0.269. The third-order valence-electron chi connectivity index (χ3n) is 6.58. The Labute approximate surface area is 268 Å². The van der Waals surface area contributed by atoms with Gasteiger partial charge < -0.3 is 15.0 Å². The summed E-state index contributed by atoms with van der Waals surface area (Å²) in [5.74, 6) is -0.248. The van der Waals surface area contributed by atoms with Crippen LogP contribution in [0.2, 0.25) is 15.1 Å². The van der Waals surface area contributed by atoms with E-state index in [1.165, 1.54) is 29.2 Å². The summed E-state index contributed by atoms with van der Waals surface area (Å²) in [6.45, 7) is 7.68. The number of rotatable bonds is 14. The lowest BCUT2D eigenvalue weighted by atomic mass is 10.1. The number of carbonyl (C=O) groups excluding carboxylic acids is 2. The SMILES string of the molecule is CCOc1ccc(N(CC(=O)N(Cc2c(Cl)cccc2Cl)C(CC)C(=O)NCC(C)C)S(=O)(=O)c2ccc(Cl)cc2)cc1. The molecule has 1 atom stereocenters. The number of carbonyl (C=O) groups is 2. The molecule has 0 saturated heterocycles. The van der Waals surface area contributed by atoms with Gasteiger partial charge in [0.25, 0.3) is 10.0 Å². The van der Waals surface area contributed by atoms with Gasteiger partial charge in [-0.15, -0.1) is 0 Å². The zero-order valence-corrected chi connectivity index (χ0v) is 27.6. The maximum atomic E-state index is 14.2. The van der Waals surface area contributed by atoms with Gasteiger partial charge in [0.15, 0.2) is 0 Å². The molecule has 1 unspecified atom stereocenters. The third-order valence-corrected chi connectivity index (χ3v) is 9.33. The fourth-order valence-corrected chi connectivity index (χ4v) is 6.39. The highest BCUT2D eigenvalue weighted by Gasteiger charge is 2.34. The number of sulfonamides is 1. The van der Waals surface area contributed by atoms with Crippen LogP contribution < -0.4 is 14.4 Å². The number of nitrogens with zero attached hydrogens (tertiary/aromatic N) is 2. The van der Waals surface area contributed by atoms with Crippen molar-refractivity contribution in [2.45, 2.75) is 51.6 Å². The minimum atomic E-state index is -4.25. The zero-order valence-electron chi connectivity index (χ0n) is 24.5. The van der Waals surface area contributed by atoms with E-state index in [9.17, 15) is 18.0 Å². The molecule has 0 aliphatic rings. The summed E-state index contributed by atoms with van der Waals surface area (Å²) in [5, 5.41) is 3.89. The molecule has 0 saturated carbocycles. The first-order chi connectivity index (χ1) is 20.4.